The summed E-state index contributed by atoms with van der Waals surface area (Å²) in [6.07, 6.45) is 6.06. The third kappa shape index (κ3) is 4.01. The summed E-state index contributed by atoms with van der Waals surface area (Å²) >= 11 is 0. The van der Waals surface area contributed by atoms with E-state index in [9.17, 15) is 4.79 Å². The van der Waals surface area contributed by atoms with Gasteiger partial charge in [-0.1, -0.05) is 32.9 Å². The Bertz CT molecular complexity index is 1440. The second-order valence-electron chi connectivity index (χ2n) is 9.60. The summed E-state index contributed by atoms with van der Waals surface area (Å²) in [6, 6.07) is 10.2. The standard InChI is InChI=1S/C26H29N7O/c1-5-12-32-24(34)21-16-29-25(30-19-7-6-18-15-27-10-8-17(18)13-19)31-23(21)33(32)20-9-11-28-22(14-20)26(2,3)4/h5-7,9,11,13-14,16,27H,1,8,10,12,15H2,2-4H3,(H,29,30,31). The maximum Gasteiger partial charge on any atom is 0.278 e. The Morgan fingerprint density at radius 2 is 2.03 bits per heavy atom. The van der Waals surface area contributed by atoms with Crippen LogP contribution in [-0.2, 0) is 24.9 Å². The second-order valence-corrected chi connectivity index (χ2v) is 9.60. The molecule has 1 aliphatic heterocycles. The molecule has 4 heterocycles. The Morgan fingerprint density at radius 1 is 1.18 bits per heavy atom. The van der Waals surface area contributed by atoms with Crippen molar-refractivity contribution in [2.24, 2.45) is 0 Å². The fourth-order valence-corrected chi connectivity index (χ4v) is 4.28. The van der Waals surface area contributed by atoms with Crippen molar-refractivity contribution in [2.75, 3.05) is 11.9 Å². The van der Waals surface area contributed by atoms with Gasteiger partial charge in [0.1, 0.15) is 5.39 Å². The first-order valence-corrected chi connectivity index (χ1v) is 11.5. The summed E-state index contributed by atoms with van der Waals surface area (Å²) in [6.45, 7) is 12.4. The molecule has 0 radical (unpaired) electrons. The van der Waals surface area contributed by atoms with Crippen LogP contribution in [0.25, 0.3) is 16.7 Å². The Kier molecular flexibility index (Phi) is 5.53. The highest BCUT2D eigenvalue weighted by molar-refractivity contribution is 5.77. The van der Waals surface area contributed by atoms with Gasteiger partial charge in [0.05, 0.1) is 12.2 Å². The molecule has 0 amide bonds. The zero-order chi connectivity index (χ0) is 23.9. The molecule has 2 N–H and O–H groups in total. The van der Waals surface area contributed by atoms with Crippen molar-refractivity contribution in [3.8, 4) is 5.69 Å². The highest BCUT2D eigenvalue weighted by Gasteiger charge is 2.20. The molecule has 0 saturated carbocycles. The highest BCUT2D eigenvalue weighted by Crippen LogP contribution is 2.25. The number of aromatic nitrogens is 5. The number of hydrogen-bond donors (Lipinski definition) is 2. The maximum atomic E-state index is 13.2. The zero-order valence-electron chi connectivity index (χ0n) is 19.8. The minimum atomic E-state index is -0.156. The van der Waals surface area contributed by atoms with Crippen molar-refractivity contribution in [2.45, 2.75) is 45.7 Å². The van der Waals surface area contributed by atoms with E-state index < -0.39 is 0 Å². The largest absolute Gasteiger partial charge is 0.324 e. The SMILES string of the molecule is C=CCn1c(=O)c2cnc(Nc3ccc4c(c3)CCNC4)nc2n1-c1ccnc(C(C)(C)C)c1. The van der Waals surface area contributed by atoms with E-state index in [1.165, 1.54) is 11.1 Å². The van der Waals surface area contributed by atoms with E-state index in [-0.39, 0.29) is 11.0 Å². The van der Waals surface area contributed by atoms with Gasteiger partial charge < -0.3 is 10.6 Å². The van der Waals surface area contributed by atoms with Crippen LogP contribution in [0, 0.1) is 0 Å². The lowest BCUT2D eigenvalue weighted by atomic mass is 9.91. The number of nitrogens with one attached hydrogen (secondary N) is 2. The minimum absolute atomic E-state index is 0.133. The van der Waals surface area contributed by atoms with Gasteiger partial charge in [-0.3, -0.25) is 9.78 Å². The van der Waals surface area contributed by atoms with Crippen molar-refractivity contribution >= 4 is 22.7 Å². The second kappa shape index (κ2) is 8.53. The van der Waals surface area contributed by atoms with Crippen LogP contribution in [0.15, 0.2) is 60.2 Å². The Labute approximate surface area is 198 Å². The zero-order valence-corrected chi connectivity index (χ0v) is 19.8. The van der Waals surface area contributed by atoms with Crippen molar-refractivity contribution in [1.82, 2.24) is 29.6 Å². The molecule has 0 bridgehead atoms. The van der Waals surface area contributed by atoms with Gasteiger partial charge in [0, 0.05) is 35.7 Å². The topological polar surface area (TPSA) is 89.7 Å². The number of pyridine rings is 1. The van der Waals surface area contributed by atoms with Gasteiger partial charge in [-0.05, 0) is 48.4 Å². The highest BCUT2D eigenvalue weighted by atomic mass is 16.1. The lowest BCUT2D eigenvalue weighted by molar-refractivity contribution is 0.563. The van der Waals surface area contributed by atoms with Crippen LogP contribution in [-0.4, -0.2) is 30.9 Å². The molecule has 0 unspecified atom stereocenters. The van der Waals surface area contributed by atoms with Gasteiger partial charge in [-0.15, -0.1) is 6.58 Å². The number of fused-ring (bicyclic) bond motifs is 2. The fourth-order valence-electron chi connectivity index (χ4n) is 4.28. The molecule has 0 aliphatic carbocycles. The summed E-state index contributed by atoms with van der Waals surface area (Å²) in [4.78, 5) is 26.9. The Morgan fingerprint density at radius 3 is 2.82 bits per heavy atom. The molecule has 0 spiro atoms. The molecule has 174 valence electrons. The van der Waals surface area contributed by atoms with Gasteiger partial charge in [0.2, 0.25) is 5.95 Å². The van der Waals surface area contributed by atoms with Crippen molar-refractivity contribution < 1.29 is 0 Å². The molecule has 3 aromatic heterocycles. The van der Waals surface area contributed by atoms with E-state index in [4.69, 9.17) is 4.98 Å². The molecule has 5 rings (SSSR count). The first-order chi connectivity index (χ1) is 16.3. The molecule has 0 saturated heterocycles. The monoisotopic (exact) mass is 455 g/mol. The lowest BCUT2D eigenvalue weighted by Crippen LogP contribution is -2.23. The summed E-state index contributed by atoms with van der Waals surface area (Å²) < 4.78 is 3.46. The fraction of sp³-hybridized carbons (Fsp3) is 0.308. The third-order valence-corrected chi connectivity index (χ3v) is 6.08. The van der Waals surface area contributed by atoms with Gasteiger partial charge in [0.15, 0.2) is 5.65 Å². The number of benzene rings is 1. The van der Waals surface area contributed by atoms with Crippen LogP contribution >= 0.6 is 0 Å². The average Bonchev–Trinajstić information content (AvgIpc) is 3.10. The van der Waals surface area contributed by atoms with E-state index in [1.54, 1.807) is 23.2 Å². The Balaban J connectivity index is 1.62. The average molecular weight is 456 g/mol. The molecule has 1 aliphatic rings. The van der Waals surface area contributed by atoms with Crippen LogP contribution in [0.5, 0.6) is 0 Å². The molecule has 34 heavy (non-hydrogen) atoms. The van der Waals surface area contributed by atoms with E-state index in [0.717, 1.165) is 36.6 Å². The predicted molar refractivity (Wildman–Crippen MR) is 135 cm³/mol. The minimum Gasteiger partial charge on any atom is -0.324 e. The quantitative estimate of drug-likeness (QED) is 0.445. The number of allylic oxidation sites excluding steroid dienone is 1. The van der Waals surface area contributed by atoms with Gasteiger partial charge in [-0.2, -0.15) is 4.98 Å². The van der Waals surface area contributed by atoms with Crippen LogP contribution in [0.2, 0.25) is 0 Å². The summed E-state index contributed by atoms with van der Waals surface area (Å²) in [5, 5.41) is 7.17. The number of rotatable bonds is 5. The van der Waals surface area contributed by atoms with Crippen LogP contribution in [0.1, 0.15) is 37.6 Å². The van der Waals surface area contributed by atoms with E-state index >= 15 is 0 Å². The predicted octanol–water partition coefficient (Wildman–Crippen LogP) is 3.85. The Hall–Kier alpha value is -3.78. The van der Waals surface area contributed by atoms with Gasteiger partial charge in [-0.25, -0.2) is 14.3 Å². The number of hydrogen-bond acceptors (Lipinski definition) is 6. The first-order valence-electron chi connectivity index (χ1n) is 11.5. The summed E-state index contributed by atoms with van der Waals surface area (Å²) in [5.74, 6) is 0.441. The summed E-state index contributed by atoms with van der Waals surface area (Å²) in [5.41, 5.74) is 5.57. The van der Waals surface area contributed by atoms with Gasteiger partial charge >= 0.3 is 0 Å². The van der Waals surface area contributed by atoms with Gasteiger partial charge in [0.25, 0.3) is 5.56 Å². The van der Waals surface area contributed by atoms with Crippen molar-refractivity contribution in [3.63, 3.8) is 0 Å². The number of nitrogens with zero attached hydrogens (tertiary/aromatic N) is 5. The molecule has 8 nitrogen and oxygen atoms in total. The molecule has 0 fully saturated rings. The van der Waals surface area contributed by atoms with Crippen molar-refractivity contribution in [1.29, 1.82) is 0 Å². The van der Waals surface area contributed by atoms with E-state index in [1.807, 2.05) is 22.9 Å². The molecule has 1 aromatic carbocycles. The number of anilines is 2. The van der Waals surface area contributed by atoms with Crippen LogP contribution < -0.4 is 16.2 Å². The lowest BCUT2D eigenvalue weighted by Gasteiger charge is -2.19. The molecule has 4 aromatic rings. The summed E-state index contributed by atoms with van der Waals surface area (Å²) in [7, 11) is 0. The van der Waals surface area contributed by atoms with E-state index in [0.29, 0.717) is 23.5 Å². The van der Waals surface area contributed by atoms with Crippen molar-refractivity contribution in [3.05, 3.63) is 82.6 Å². The molecule has 0 atom stereocenters. The third-order valence-electron chi connectivity index (χ3n) is 6.08. The normalized spacial score (nSPS) is 13.6. The molecule has 8 heteroatoms. The van der Waals surface area contributed by atoms with Crippen LogP contribution in [0.4, 0.5) is 11.6 Å². The smallest absolute Gasteiger partial charge is 0.278 e. The molecular weight excluding hydrogens is 426 g/mol. The maximum absolute atomic E-state index is 13.2. The first kappa shape index (κ1) is 22.0. The van der Waals surface area contributed by atoms with Crippen LogP contribution in [0.3, 0.4) is 0 Å². The molecular formula is C26H29N7O. The van der Waals surface area contributed by atoms with E-state index in [2.05, 4.69) is 60.1 Å².